The second kappa shape index (κ2) is 9.86. The fourth-order valence-corrected chi connectivity index (χ4v) is 4.84. The van der Waals surface area contributed by atoms with E-state index in [1.54, 1.807) is 6.33 Å². The van der Waals surface area contributed by atoms with Gasteiger partial charge in [0.1, 0.15) is 18.0 Å². The summed E-state index contributed by atoms with van der Waals surface area (Å²) < 4.78 is 5.47. The van der Waals surface area contributed by atoms with Crippen molar-refractivity contribution >= 4 is 23.2 Å². The Bertz CT molecular complexity index is 1020. The molecule has 2 saturated heterocycles. The van der Waals surface area contributed by atoms with Crippen molar-refractivity contribution in [3.8, 4) is 0 Å². The quantitative estimate of drug-likeness (QED) is 0.589. The van der Waals surface area contributed by atoms with Gasteiger partial charge in [0.2, 0.25) is 0 Å². The number of benzene rings is 2. The highest BCUT2D eigenvalue weighted by molar-refractivity contribution is 6.31. The van der Waals surface area contributed by atoms with E-state index in [0.717, 1.165) is 74.7 Å². The van der Waals surface area contributed by atoms with Gasteiger partial charge < -0.3 is 14.5 Å². The van der Waals surface area contributed by atoms with Gasteiger partial charge in [-0.3, -0.25) is 4.90 Å². The first-order valence-corrected chi connectivity index (χ1v) is 11.6. The maximum Gasteiger partial charge on any atom is 0.134 e. The third kappa shape index (κ3) is 4.58. The largest absolute Gasteiger partial charge is 0.378 e. The van der Waals surface area contributed by atoms with Crippen LogP contribution < -0.4 is 9.80 Å². The highest BCUT2D eigenvalue weighted by Crippen LogP contribution is 2.34. The molecule has 3 heterocycles. The zero-order chi connectivity index (χ0) is 21.8. The van der Waals surface area contributed by atoms with E-state index in [1.807, 2.05) is 12.1 Å². The summed E-state index contributed by atoms with van der Waals surface area (Å²) in [6.45, 7) is 6.94. The molecule has 2 aliphatic heterocycles. The van der Waals surface area contributed by atoms with Crippen molar-refractivity contribution in [1.82, 2.24) is 14.9 Å². The van der Waals surface area contributed by atoms with Crippen LogP contribution in [0.2, 0.25) is 5.02 Å². The van der Waals surface area contributed by atoms with Crippen LogP contribution in [0.4, 0.5) is 11.6 Å². The second-order valence-corrected chi connectivity index (χ2v) is 8.60. The standard InChI is InChI=1S/C25H28ClN5O/c26-22-9-5-4-8-21(22)25(20-6-2-1-3-7-20)31-12-10-29(11-13-31)23-18-24(28-19-27-23)30-14-16-32-17-15-30/h1-9,18-19,25H,10-17H2. The van der Waals surface area contributed by atoms with E-state index in [2.05, 4.69) is 73.2 Å². The summed E-state index contributed by atoms with van der Waals surface area (Å²) >= 11 is 6.64. The van der Waals surface area contributed by atoms with Gasteiger partial charge in [-0.05, 0) is 17.2 Å². The molecule has 3 aromatic rings. The molecule has 1 atom stereocenters. The number of hydrogen-bond donors (Lipinski definition) is 0. The zero-order valence-corrected chi connectivity index (χ0v) is 18.9. The minimum absolute atomic E-state index is 0.140. The Morgan fingerprint density at radius 3 is 2.06 bits per heavy atom. The predicted molar refractivity (Wildman–Crippen MR) is 129 cm³/mol. The number of rotatable bonds is 5. The van der Waals surface area contributed by atoms with Crippen LogP contribution in [0, 0.1) is 0 Å². The number of morpholine rings is 1. The van der Waals surface area contributed by atoms with Crippen LogP contribution >= 0.6 is 11.6 Å². The molecule has 32 heavy (non-hydrogen) atoms. The van der Waals surface area contributed by atoms with Crippen LogP contribution in [0.25, 0.3) is 0 Å². The summed E-state index contributed by atoms with van der Waals surface area (Å²) in [7, 11) is 0. The summed E-state index contributed by atoms with van der Waals surface area (Å²) in [6, 6.07) is 21.1. The lowest BCUT2D eigenvalue weighted by molar-refractivity contribution is 0.122. The molecule has 0 saturated carbocycles. The van der Waals surface area contributed by atoms with Gasteiger partial charge in [0.15, 0.2) is 0 Å². The van der Waals surface area contributed by atoms with E-state index in [4.69, 9.17) is 16.3 Å². The lowest BCUT2D eigenvalue weighted by atomic mass is 9.96. The highest BCUT2D eigenvalue weighted by Gasteiger charge is 2.28. The molecule has 0 spiro atoms. The first kappa shape index (κ1) is 21.2. The Hall–Kier alpha value is -2.67. The average Bonchev–Trinajstić information content (AvgIpc) is 2.87. The van der Waals surface area contributed by atoms with Gasteiger partial charge in [-0.25, -0.2) is 9.97 Å². The Morgan fingerprint density at radius 2 is 1.38 bits per heavy atom. The number of aromatic nitrogens is 2. The monoisotopic (exact) mass is 449 g/mol. The minimum atomic E-state index is 0.140. The average molecular weight is 450 g/mol. The Balaban J connectivity index is 1.33. The van der Waals surface area contributed by atoms with E-state index >= 15 is 0 Å². The maximum atomic E-state index is 6.64. The van der Waals surface area contributed by atoms with Gasteiger partial charge >= 0.3 is 0 Å². The van der Waals surface area contributed by atoms with Crippen LogP contribution in [0.1, 0.15) is 17.2 Å². The highest BCUT2D eigenvalue weighted by atomic mass is 35.5. The Kier molecular flexibility index (Phi) is 6.53. The molecule has 0 radical (unpaired) electrons. The lowest BCUT2D eigenvalue weighted by Gasteiger charge is -2.40. The molecule has 0 aliphatic carbocycles. The lowest BCUT2D eigenvalue weighted by Crippen LogP contribution is -2.48. The number of anilines is 2. The van der Waals surface area contributed by atoms with Crippen LogP contribution in [-0.2, 0) is 4.74 Å². The second-order valence-electron chi connectivity index (χ2n) is 8.19. The normalized spacial score (nSPS) is 18.5. The van der Waals surface area contributed by atoms with Crippen molar-refractivity contribution < 1.29 is 4.74 Å². The number of halogens is 1. The van der Waals surface area contributed by atoms with Gasteiger partial charge in [-0.15, -0.1) is 0 Å². The number of ether oxygens (including phenoxy) is 1. The topological polar surface area (TPSA) is 44.7 Å². The maximum absolute atomic E-state index is 6.64. The van der Waals surface area contributed by atoms with Crippen LogP contribution in [0.15, 0.2) is 67.0 Å². The molecule has 2 aromatic carbocycles. The molecule has 166 valence electrons. The van der Waals surface area contributed by atoms with Crippen molar-refractivity contribution in [2.45, 2.75) is 6.04 Å². The third-order valence-electron chi connectivity index (χ3n) is 6.29. The molecule has 5 rings (SSSR count). The van der Waals surface area contributed by atoms with E-state index in [9.17, 15) is 0 Å². The van der Waals surface area contributed by atoms with E-state index < -0.39 is 0 Å². The molecule has 0 bridgehead atoms. The molecular weight excluding hydrogens is 422 g/mol. The molecule has 2 aliphatic rings. The van der Waals surface area contributed by atoms with E-state index in [0.29, 0.717) is 0 Å². The molecule has 1 unspecified atom stereocenters. The van der Waals surface area contributed by atoms with Gasteiger partial charge in [0, 0.05) is 50.4 Å². The van der Waals surface area contributed by atoms with Crippen molar-refractivity contribution in [2.24, 2.45) is 0 Å². The summed E-state index contributed by atoms with van der Waals surface area (Å²) in [4.78, 5) is 16.2. The third-order valence-corrected chi connectivity index (χ3v) is 6.64. The van der Waals surface area contributed by atoms with Crippen molar-refractivity contribution in [3.63, 3.8) is 0 Å². The van der Waals surface area contributed by atoms with Gasteiger partial charge in [0.05, 0.1) is 19.3 Å². The molecule has 6 nitrogen and oxygen atoms in total. The number of hydrogen-bond acceptors (Lipinski definition) is 6. The van der Waals surface area contributed by atoms with Crippen LogP contribution in [0.5, 0.6) is 0 Å². The predicted octanol–water partition coefficient (Wildman–Crippen LogP) is 3.88. The summed E-state index contributed by atoms with van der Waals surface area (Å²) in [5.41, 5.74) is 2.43. The van der Waals surface area contributed by atoms with Crippen LogP contribution in [-0.4, -0.2) is 67.4 Å². The Labute approximate surface area is 194 Å². The first-order valence-electron chi connectivity index (χ1n) is 11.2. The van der Waals surface area contributed by atoms with Gasteiger partial charge in [-0.1, -0.05) is 60.1 Å². The van der Waals surface area contributed by atoms with Crippen molar-refractivity contribution in [3.05, 3.63) is 83.1 Å². The number of piperazine rings is 1. The fourth-order valence-electron chi connectivity index (χ4n) is 4.60. The molecular formula is C25H28ClN5O. The van der Waals surface area contributed by atoms with Crippen LogP contribution in [0.3, 0.4) is 0 Å². The fraction of sp³-hybridized carbons (Fsp3) is 0.360. The zero-order valence-electron chi connectivity index (χ0n) is 18.1. The Morgan fingerprint density at radius 1 is 0.750 bits per heavy atom. The molecule has 0 N–H and O–H groups in total. The smallest absolute Gasteiger partial charge is 0.134 e. The molecule has 1 aromatic heterocycles. The van der Waals surface area contributed by atoms with Crippen molar-refractivity contribution in [2.75, 3.05) is 62.3 Å². The van der Waals surface area contributed by atoms with Gasteiger partial charge in [0.25, 0.3) is 0 Å². The molecule has 2 fully saturated rings. The number of nitrogens with zero attached hydrogens (tertiary/aromatic N) is 5. The molecule has 0 amide bonds. The SMILES string of the molecule is Clc1ccccc1C(c1ccccc1)N1CCN(c2cc(N3CCOCC3)ncn2)CC1. The first-order chi connectivity index (χ1) is 15.8. The van der Waals surface area contributed by atoms with E-state index in [-0.39, 0.29) is 6.04 Å². The summed E-state index contributed by atoms with van der Waals surface area (Å²) in [5.74, 6) is 1.98. The van der Waals surface area contributed by atoms with E-state index in [1.165, 1.54) is 5.56 Å². The minimum Gasteiger partial charge on any atom is -0.378 e. The molecule has 7 heteroatoms. The summed E-state index contributed by atoms with van der Waals surface area (Å²) in [6.07, 6.45) is 1.68. The van der Waals surface area contributed by atoms with Crippen molar-refractivity contribution in [1.29, 1.82) is 0 Å². The van der Waals surface area contributed by atoms with Gasteiger partial charge in [-0.2, -0.15) is 0 Å². The summed E-state index contributed by atoms with van der Waals surface area (Å²) in [5, 5.41) is 0.815.